The molecule has 0 spiro atoms. The lowest BCUT2D eigenvalue weighted by Gasteiger charge is -2.09. The fraction of sp³-hybridized carbons (Fsp3) is 0.200. The molecular weight excluding hydrogens is 330 g/mol. The maximum atomic E-state index is 12.2. The van der Waals surface area contributed by atoms with Gasteiger partial charge in [-0.2, -0.15) is 5.10 Å². The Labute approximate surface area is 152 Å². The maximum absolute atomic E-state index is 12.2. The second-order valence-electron chi connectivity index (χ2n) is 6.21. The molecule has 0 atom stereocenters. The van der Waals surface area contributed by atoms with Gasteiger partial charge in [-0.25, -0.2) is 4.68 Å². The van der Waals surface area contributed by atoms with Crippen molar-refractivity contribution in [2.75, 3.05) is 5.32 Å². The van der Waals surface area contributed by atoms with Crippen molar-refractivity contribution in [3.63, 3.8) is 0 Å². The van der Waals surface area contributed by atoms with E-state index in [9.17, 15) is 9.90 Å². The topological polar surface area (TPSA) is 76.4 Å². The van der Waals surface area contributed by atoms with Crippen LogP contribution in [0.3, 0.4) is 0 Å². The van der Waals surface area contributed by atoms with Crippen LogP contribution < -0.4 is 10.1 Å². The molecule has 26 heavy (non-hydrogen) atoms. The van der Waals surface area contributed by atoms with E-state index in [1.165, 1.54) is 16.3 Å². The maximum Gasteiger partial charge on any atom is 0.276 e. The monoisotopic (exact) mass is 351 g/mol. The van der Waals surface area contributed by atoms with Crippen molar-refractivity contribution in [2.45, 2.75) is 26.5 Å². The number of nitrogens with zero attached hydrogens (tertiary/aromatic N) is 2. The largest absolute Gasteiger partial charge is 0.506 e. The zero-order valence-corrected chi connectivity index (χ0v) is 14.7. The Morgan fingerprint density at radius 3 is 2.58 bits per heavy atom. The molecule has 2 aromatic carbocycles. The van der Waals surface area contributed by atoms with Crippen LogP contribution in [-0.4, -0.2) is 20.8 Å². The molecule has 0 saturated heterocycles. The lowest BCUT2D eigenvalue weighted by atomic mass is 10.0. The van der Waals surface area contributed by atoms with E-state index in [1.54, 1.807) is 30.5 Å². The van der Waals surface area contributed by atoms with Crippen molar-refractivity contribution in [3.05, 3.63) is 72.1 Å². The highest BCUT2D eigenvalue weighted by Gasteiger charge is 2.12. The van der Waals surface area contributed by atoms with Crippen molar-refractivity contribution >= 4 is 11.6 Å². The Kier molecular flexibility index (Phi) is 5.22. The van der Waals surface area contributed by atoms with Gasteiger partial charge in [0.05, 0.1) is 5.69 Å². The van der Waals surface area contributed by atoms with Crippen LogP contribution >= 0.6 is 0 Å². The standard InChI is InChI=1S/C20H21N3O3/c1-14(2)15-7-9-16(10-8-15)26-13-23-12-11-18(22-23)20(25)21-17-5-3-4-6-19(17)24/h3-12,14,24H,13H2,1-2H3,(H,21,25). The summed E-state index contributed by atoms with van der Waals surface area (Å²) < 4.78 is 7.22. The van der Waals surface area contributed by atoms with Crippen molar-refractivity contribution < 1.29 is 14.6 Å². The summed E-state index contributed by atoms with van der Waals surface area (Å²) in [5.74, 6) is 0.824. The molecule has 3 rings (SSSR count). The van der Waals surface area contributed by atoms with Crippen LogP contribution in [0, 0.1) is 0 Å². The number of rotatable bonds is 6. The van der Waals surface area contributed by atoms with Crippen LogP contribution in [0.2, 0.25) is 0 Å². The van der Waals surface area contributed by atoms with Gasteiger partial charge in [0.15, 0.2) is 12.4 Å². The fourth-order valence-electron chi connectivity index (χ4n) is 2.41. The molecule has 0 radical (unpaired) electrons. The van der Waals surface area contributed by atoms with E-state index in [2.05, 4.69) is 24.3 Å². The molecule has 6 heteroatoms. The molecule has 1 heterocycles. The van der Waals surface area contributed by atoms with Gasteiger partial charge in [-0.05, 0) is 41.8 Å². The van der Waals surface area contributed by atoms with Gasteiger partial charge in [-0.1, -0.05) is 38.1 Å². The quantitative estimate of drug-likeness (QED) is 0.658. The Morgan fingerprint density at radius 2 is 1.88 bits per heavy atom. The molecule has 0 bridgehead atoms. The number of amides is 1. The van der Waals surface area contributed by atoms with E-state index in [1.807, 2.05) is 24.3 Å². The normalized spacial score (nSPS) is 10.7. The molecule has 3 aromatic rings. The number of nitrogens with one attached hydrogen (secondary N) is 1. The number of anilines is 1. The third-order valence-electron chi connectivity index (χ3n) is 3.94. The van der Waals surface area contributed by atoms with Crippen LogP contribution in [0.1, 0.15) is 35.8 Å². The highest BCUT2D eigenvalue weighted by Crippen LogP contribution is 2.22. The Hall–Kier alpha value is -3.28. The minimum atomic E-state index is -0.397. The summed E-state index contributed by atoms with van der Waals surface area (Å²) in [6, 6.07) is 16.1. The molecule has 0 saturated carbocycles. The van der Waals surface area contributed by atoms with Crippen molar-refractivity contribution in [2.24, 2.45) is 0 Å². The first-order valence-electron chi connectivity index (χ1n) is 8.38. The molecule has 0 fully saturated rings. The van der Waals surface area contributed by atoms with E-state index >= 15 is 0 Å². The number of hydrogen-bond acceptors (Lipinski definition) is 4. The van der Waals surface area contributed by atoms with Gasteiger partial charge in [0.2, 0.25) is 0 Å². The average Bonchev–Trinajstić information content (AvgIpc) is 3.11. The lowest BCUT2D eigenvalue weighted by molar-refractivity contribution is 0.102. The molecule has 0 aliphatic rings. The Balaban J connectivity index is 1.59. The van der Waals surface area contributed by atoms with Gasteiger partial charge in [-0.3, -0.25) is 4.79 Å². The minimum Gasteiger partial charge on any atom is -0.506 e. The summed E-state index contributed by atoms with van der Waals surface area (Å²) in [5.41, 5.74) is 1.83. The molecule has 0 aliphatic carbocycles. The molecule has 2 N–H and O–H groups in total. The van der Waals surface area contributed by atoms with Gasteiger partial charge >= 0.3 is 0 Å². The van der Waals surface area contributed by atoms with Gasteiger partial charge in [0.25, 0.3) is 5.91 Å². The average molecular weight is 351 g/mol. The minimum absolute atomic E-state index is 0.00783. The van der Waals surface area contributed by atoms with Crippen LogP contribution in [0.25, 0.3) is 0 Å². The smallest absolute Gasteiger partial charge is 0.276 e. The third kappa shape index (κ3) is 4.22. The van der Waals surface area contributed by atoms with Crippen LogP contribution in [-0.2, 0) is 6.73 Å². The van der Waals surface area contributed by atoms with Gasteiger partial charge in [-0.15, -0.1) is 0 Å². The van der Waals surface area contributed by atoms with Crippen molar-refractivity contribution in [3.8, 4) is 11.5 Å². The molecule has 1 amide bonds. The van der Waals surface area contributed by atoms with E-state index in [0.29, 0.717) is 11.6 Å². The number of carbonyl (C=O) groups is 1. The van der Waals surface area contributed by atoms with Crippen LogP contribution in [0.5, 0.6) is 11.5 Å². The number of phenols is 1. The molecule has 6 nitrogen and oxygen atoms in total. The number of hydrogen-bond donors (Lipinski definition) is 2. The van der Waals surface area contributed by atoms with E-state index in [4.69, 9.17) is 4.74 Å². The van der Waals surface area contributed by atoms with Gasteiger partial charge in [0.1, 0.15) is 11.5 Å². The molecular formula is C20H21N3O3. The number of carbonyl (C=O) groups excluding carboxylic acids is 1. The highest BCUT2D eigenvalue weighted by atomic mass is 16.5. The number of aromatic nitrogens is 2. The van der Waals surface area contributed by atoms with Crippen LogP contribution in [0.4, 0.5) is 5.69 Å². The number of benzene rings is 2. The predicted molar refractivity (Wildman–Crippen MR) is 99.4 cm³/mol. The van der Waals surface area contributed by atoms with Crippen LogP contribution in [0.15, 0.2) is 60.8 Å². The highest BCUT2D eigenvalue weighted by molar-refractivity contribution is 6.03. The molecule has 1 aromatic heterocycles. The van der Waals surface area contributed by atoms with Gasteiger partial charge in [0, 0.05) is 6.20 Å². The summed E-state index contributed by atoms with van der Waals surface area (Å²) in [5, 5.41) is 16.5. The van der Waals surface area contributed by atoms with Crippen molar-refractivity contribution in [1.29, 1.82) is 0 Å². The zero-order valence-electron chi connectivity index (χ0n) is 14.7. The zero-order chi connectivity index (χ0) is 18.5. The van der Waals surface area contributed by atoms with E-state index in [-0.39, 0.29) is 18.2 Å². The first-order chi connectivity index (χ1) is 12.5. The molecule has 0 aliphatic heterocycles. The lowest BCUT2D eigenvalue weighted by Crippen LogP contribution is -2.14. The summed E-state index contributed by atoms with van der Waals surface area (Å²) in [6.45, 7) is 4.48. The Bertz CT molecular complexity index is 885. The molecule has 0 unspecified atom stereocenters. The summed E-state index contributed by atoms with van der Waals surface area (Å²) in [7, 11) is 0. The third-order valence-corrected chi connectivity index (χ3v) is 3.94. The molecule has 134 valence electrons. The summed E-state index contributed by atoms with van der Waals surface area (Å²) in [6.07, 6.45) is 1.67. The fourth-order valence-corrected chi connectivity index (χ4v) is 2.41. The van der Waals surface area contributed by atoms with E-state index < -0.39 is 5.91 Å². The van der Waals surface area contributed by atoms with E-state index in [0.717, 1.165) is 5.75 Å². The van der Waals surface area contributed by atoms with Gasteiger partial charge < -0.3 is 15.2 Å². The Morgan fingerprint density at radius 1 is 1.15 bits per heavy atom. The number of phenolic OH excluding ortho intramolecular Hbond substituents is 1. The predicted octanol–water partition coefficient (Wildman–Crippen LogP) is 4.00. The first-order valence-corrected chi connectivity index (χ1v) is 8.38. The number of ether oxygens (including phenoxy) is 1. The number of para-hydroxylation sites is 2. The number of aromatic hydroxyl groups is 1. The summed E-state index contributed by atoms with van der Waals surface area (Å²) >= 11 is 0. The van der Waals surface area contributed by atoms with Crippen molar-refractivity contribution in [1.82, 2.24) is 9.78 Å². The first kappa shape index (κ1) is 17.5. The SMILES string of the molecule is CC(C)c1ccc(OCn2ccc(C(=O)Nc3ccccc3O)n2)cc1. The second kappa shape index (κ2) is 7.74. The second-order valence-corrected chi connectivity index (χ2v) is 6.21. The summed E-state index contributed by atoms with van der Waals surface area (Å²) in [4.78, 5) is 12.2.